The van der Waals surface area contributed by atoms with Gasteiger partial charge < -0.3 is 14.5 Å². The molecule has 0 aliphatic rings. The highest BCUT2D eigenvalue weighted by Crippen LogP contribution is 2.27. The summed E-state index contributed by atoms with van der Waals surface area (Å²) in [7, 11) is 1.50. The summed E-state index contributed by atoms with van der Waals surface area (Å²) in [5.74, 6) is -2.96. The molecule has 0 radical (unpaired) electrons. The van der Waals surface area contributed by atoms with E-state index >= 15 is 0 Å². The third kappa shape index (κ3) is 4.55. The normalized spacial score (nSPS) is 10.8. The van der Waals surface area contributed by atoms with Crippen molar-refractivity contribution in [1.82, 2.24) is 9.97 Å². The number of halogens is 2. The van der Waals surface area contributed by atoms with Crippen molar-refractivity contribution in [2.24, 2.45) is 0 Å². The van der Waals surface area contributed by atoms with E-state index in [0.29, 0.717) is 22.5 Å². The van der Waals surface area contributed by atoms with E-state index in [-0.39, 0.29) is 29.6 Å². The van der Waals surface area contributed by atoms with Gasteiger partial charge in [0.1, 0.15) is 12.3 Å². The Balaban J connectivity index is 1.75. The number of esters is 1. The number of H-pyrrole nitrogens is 1. The van der Waals surface area contributed by atoms with Crippen LogP contribution in [0.5, 0.6) is 0 Å². The van der Waals surface area contributed by atoms with Crippen LogP contribution in [0.4, 0.5) is 13.9 Å². The van der Waals surface area contributed by atoms with Gasteiger partial charge in [-0.15, -0.1) is 11.3 Å². The first-order valence-electron chi connectivity index (χ1n) is 8.89. The van der Waals surface area contributed by atoms with Crippen molar-refractivity contribution in [3.8, 4) is 11.3 Å². The number of methoxy groups -OCH3 is 1. The zero-order valence-corrected chi connectivity index (χ0v) is 17.3. The van der Waals surface area contributed by atoms with E-state index in [0.717, 1.165) is 23.5 Å². The fourth-order valence-corrected chi connectivity index (χ4v) is 3.57. The molecule has 0 saturated carbocycles. The Morgan fingerprint density at radius 2 is 1.97 bits per heavy atom. The molecule has 2 heterocycles. The van der Waals surface area contributed by atoms with E-state index in [9.17, 15) is 18.4 Å². The van der Waals surface area contributed by atoms with Gasteiger partial charge in [0.05, 0.1) is 17.9 Å². The Hall–Kier alpha value is -3.11. The minimum Gasteiger partial charge on any atom is -0.460 e. The number of carbonyl (C=O) groups excluding carboxylic acids is 2. The molecule has 0 spiro atoms. The van der Waals surface area contributed by atoms with Gasteiger partial charge in [0, 0.05) is 23.7 Å². The molecule has 0 fully saturated rings. The van der Waals surface area contributed by atoms with Gasteiger partial charge in [-0.25, -0.2) is 18.6 Å². The molecular formula is C20H19F2N3O4S. The van der Waals surface area contributed by atoms with Crippen LogP contribution in [0, 0.1) is 25.5 Å². The summed E-state index contributed by atoms with van der Waals surface area (Å²) in [5.41, 5.74) is 2.23. The van der Waals surface area contributed by atoms with Gasteiger partial charge in [0.2, 0.25) is 0 Å². The number of ether oxygens (including phenoxy) is 2. The molecule has 1 aromatic carbocycles. The van der Waals surface area contributed by atoms with Gasteiger partial charge in [0.25, 0.3) is 5.91 Å². The number of amides is 1. The summed E-state index contributed by atoms with van der Waals surface area (Å²) in [4.78, 5) is 32.1. The summed E-state index contributed by atoms with van der Waals surface area (Å²) in [6.07, 6.45) is 0. The fraction of sp³-hybridized carbons (Fsp3) is 0.250. The number of nitrogens with one attached hydrogen (secondary N) is 2. The lowest BCUT2D eigenvalue weighted by atomic mass is 10.1. The van der Waals surface area contributed by atoms with Gasteiger partial charge in [-0.05, 0) is 37.6 Å². The predicted molar refractivity (Wildman–Crippen MR) is 108 cm³/mol. The zero-order valence-electron chi connectivity index (χ0n) is 16.5. The number of hydrogen-bond acceptors (Lipinski definition) is 6. The van der Waals surface area contributed by atoms with Gasteiger partial charge >= 0.3 is 5.97 Å². The van der Waals surface area contributed by atoms with Crippen molar-refractivity contribution in [2.75, 3.05) is 25.6 Å². The van der Waals surface area contributed by atoms with Crippen LogP contribution in [0.15, 0.2) is 23.6 Å². The summed E-state index contributed by atoms with van der Waals surface area (Å²) < 4.78 is 36.5. The number of thiazole rings is 1. The first-order chi connectivity index (χ1) is 14.3. The van der Waals surface area contributed by atoms with Crippen LogP contribution < -0.4 is 5.32 Å². The topological polar surface area (TPSA) is 93.3 Å². The summed E-state index contributed by atoms with van der Waals surface area (Å²) in [6, 6.07) is 3.45. The van der Waals surface area contributed by atoms with Crippen LogP contribution in [-0.4, -0.2) is 42.2 Å². The van der Waals surface area contributed by atoms with Gasteiger partial charge in [-0.3, -0.25) is 10.1 Å². The number of aromatic nitrogens is 2. The molecule has 2 N–H and O–H groups in total. The Kier molecular flexibility index (Phi) is 6.58. The predicted octanol–water partition coefficient (Wildman–Crippen LogP) is 4.09. The van der Waals surface area contributed by atoms with Crippen molar-refractivity contribution >= 4 is 28.3 Å². The zero-order chi connectivity index (χ0) is 21.8. The molecule has 1 amide bonds. The van der Waals surface area contributed by atoms with Crippen LogP contribution in [-0.2, 0) is 9.47 Å². The van der Waals surface area contributed by atoms with E-state index in [2.05, 4.69) is 15.3 Å². The highest BCUT2D eigenvalue weighted by Gasteiger charge is 2.23. The van der Waals surface area contributed by atoms with Crippen LogP contribution in [0.2, 0.25) is 0 Å². The lowest BCUT2D eigenvalue weighted by Gasteiger charge is -2.05. The molecule has 0 aliphatic carbocycles. The molecule has 0 aliphatic heterocycles. The minimum atomic E-state index is -0.978. The van der Waals surface area contributed by atoms with Crippen LogP contribution in [0.1, 0.15) is 32.1 Å². The van der Waals surface area contributed by atoms with Crippen LogP contribution >= 0.6 is 11.3 Å². The van der Waals surface area contributed by atoms with E-state index in [1.165, 1.54) is 13.2 Å². The molecule has 0 saturated heterocycles. The third-order valence-corrected chi connectivity index (χ3v) is 5.09. The Labute approximate surface area is 175 Å². The van der Waals surface area contributed by atoms with Crippen molar-refractivity contribution in [1.29, 1.82) is 0 Å². The van der Waals surface area contributed by atoms with Crippen molar-refractivity contribution < 1.29 is 27.8 Å². The van der Waals surface area contributed by atoms with Crippen LogP contribution in [0.25, 0.3) is 11.3 Å². The second kappa shape index (κ2) is 9.14. The number of hydrogen-bond donors (Lipinski definition) is 2. The number of aromatic amines is 1. The molecule has 30 heavy (non-hydrogen) atoms. The summed E-state index contributed by atoms with van der Waals surface area (Å²) >= 11 is 1.14. The van der Waals surface area contributed by atoms with E-state index < -0.39 is 23.5 Å². The fourth-order valence-electron chi connectivity index (χ4n) is 2.85. The van der Waals surface area contributed by atoms with Gasteiger partial charge in [-0.1, -0.05) is 0 Å². The number of benzene rings is 1. The standard InChI is InChI=1S/C20H19F2N3O4S/c1-10-16(19(27)29-7-6-28-3)11(2)23-17(10)18(26)25-20-24-15(9-30-20)12-4-5-13(21)14(22)8-12/h4-5,8-9,23H,6-7H2,1-3H3,(H,24,25,26). The minimum absolute atomic E-state index is 0.104. The maximum atomic E-state index is 13.4. The van der Waals surface area contributed by atoms with Crippen LogP contribution in [0.3, 0.4) is 0 Å². The number of anilines is 1. The molecule has 158 valence electrons. The smallest absolute Gasteiger partial charge is 0.340 e. The quantitative estimate of drug-likeness (QED) is 0.431. The maximum Gasteiger partial charge on any atom is 0.340 e. The molecular weight excluding hydrogens is 416 g/mol. The molecule has 0 unspecified atom stereocenters. The molecule has 7 nitrogen and oxygen atoms in total. The first-order valence-corrected chi connectivity index (χ1v) is 9.77. The second-order valence-electron chi connectivity index (χ2n) is 6.37. The number of aryl methyl sites for hydroxylation is 1. The van der Waals surface area contributed by atoms with E-state index in [1.54, 1.807) is 19.2 Å². The Morgan fingerprint density at radius 3 is 2.67 bits per heavy atom. The molecule has 0 atom stereocenters. The SMILES string of the molecule is COCCOC(=O)c1c(C)[nH]c(C(=O)Nc2nc(-c3ccc(F)c(F)c3)cs2)c1C. The van der Waals surface area contributed by atoms with Crippen molar-refractivity contribution in [3.05, 3.63) is 57.7 Å². The van der Waals surface area contributed by atoms with Gasteiger partial charge in [0.15, 0.2) is 16.8 Å². The first kappa shape index (κ1) is 21.6. The number of rotatable bonds is 7. The molecule has 3 rings (SSSR count). The Bertz CT molecular complexity index is 1090. The second-order valence-corrected chi connectivity index (χ2v) is 7.23. The van der Waals surface area contributed by atoms with E-state index in [4.69, 9.17) is 9.47 Å². The molecule has 0 bridgehead atoms. The van der Waals surface area contributed by atoms with E-state index in [1.807, 2.05) is 0 Å². The average Bonchev–Trinajstić information content (AvgIpc) is 3.28. The summed E-state index contributed by atoms with van der Waals surface area (Å²) in [6.45, 7) is 3.68. The Morgan fingerprint density at radius 1 is 1.20 bits per heavy atom. The maximum absolute atomic E-state index is 13.4. The largest absolute Gasteiger partial charge is 0.460 e. The molecule has 2 aromatic heterocycles. The lowest BCUT2D eigenvalue weighted by Crippen LogP contribution is -2.14. The third-order valence-electron chi connectivity index (χ3n) is 4.33. The average molecular weight is 435 g/mol. The molecule has 10 heteroatoms. The van der Waals surface area contributed by atoms with Crippen molar-refractivity contribution in [2.45, 2.75) is 13.8 Å². The monoisotopic (exact) mass is 435 g/mol. The lowest BCUT2D eigenvalue weighted by molar-refractivity contribution is 0.0387. The number of nitrogens with zero attached hydrogens (tertiary/aromatic N) is 1. The highest BCUT2D eigenvalue weighted by molar-refractivity contribution is 7.14. The number of carbonyl (C=O) groups is 2. The summed E-state index contributed by atoms with van der Waals surface area (Å²) in [5, 5.41) is 4.54. The highest BCUT2D eigenvalue weighted by atomic mass is 32.1. The van der Waals surface area contributed by atoms with Gasteiger partial charge in [-0.2, -0.15) is 0 Å². The molecule has 3 aromatic rings. The van der Waals surface area contributed by atoms with Crippen molar-refractivity contribution in [3.63, 3.8) is 0 Å².